The van der Waals surface area contributed by atoms with E-state index in [1.807, 2.05) is 48.5 Å². The van der Waals surface area contributed by atoms with E-state index in [0.717, 1.165) is 27.4 Å². The summed E-state index contributed by atoms with van der Waals surface area (Å²) in [6, 6.07) is 15.1. The number of carbonyl (C=O) groups excluding carboxylic acids is 1. The Morgan fingerprint density at radius 1 is 1.17 bits per heavy atom. The maximum absolute atomic E-state index is 12.2. The van der Waals surface area contributed by atoms with Crippen molar-refractivity contribution in [3.63, 3.8) is 0 Å². The van der Waals surface area contributed by atoms with Crippen molar-refractivity contribution in [1.29, 1.82) is 0 Å². The Kier molecular flexibility index (Phi) is 4.63. The van der Waals surface area contributed by atoms with Gasteiger partial charge in [0.25, 0.3) is 0 Å². The Hall–Kier alpha value is -2.73. The van der Waals surface area contributed by atoms with Crippen LogP contribution >= 0.6 is 11.5 Å². The molecule has 0 unspecified atom stereocenters. The maximum atomic E-state index is 12.2. The summed E-state index contributed by atoms with van der Waals surface area (Å²) >= 11 is 1.34. The Labute approximate surface area is 138 Å². The van der Waals surface area contributed by atoms with E-state index in [1.165, 1.54) is 11.5 Å². The van der Waals surface area contributed by atoms with Crippen LogP contribution in [0.4, 0.5) is 5.69 Å². The van der Waals surface area contributed by atoms with Gasteiger partial charge < -0.3 is 10.1 Å². The molecule has 0 atom stereocenters. The van der Waals surface area contributed by atoms with Crippen molar-refractivity contribution in [2.45, 2.75) is 6.42 Å². The summed E-state index contributed by atoms with van der Waals surface area (Å²) in [5.74, 6) is 0.636. The molecule has 1 aromatic heterocycles. The first-order valence-electron chi connectivity index (χ1n) is 7.06. The van der Waals surface area contributed by atoms with Crippen LogP contribution in [0.3, 0.4) is 0 Å². The second-order valence-electron chi connectivity index (χ2n) is 4.90. The summed E-state index contributed by atoms with van der Waals surface area (Å²) in [6.45, 7) is 0. The van der Waals surface area contributed by atoms with Gasteiger partial charge in [0.05, 0.1) is 24.6 Å². The van der Waals surface area contributed by atoms with Crippen molar-refractivity contribution in [3.8, 4) is 16.2 Å². The fourth-order valence-corrected chi connectivity index (χ4v) is 2.76. The molecule has 0 spiro atoms. The predicted octanol–water partition coefficient (Wildman–Crippen LogP) is 3.39. The minimum atomic E-state index is -0.0818. The van der Waals surface area contributed by atoms with Crippen molar-refractivity contribution in [1.82, 2.24) is 9.59 Å². The quantitative estimate of drug-likeness (QED) is 0.781. The smallest absolute Gasteiger partial charge is 0.228 e. The van der Waals surface area contributed by atoms with Gasteiger partial charge in [0, 0.05) is 11.3 Å². The lowest BCUT2D eigenvalue weighted by Gasteiger charge is -2.09. The lowest BCUT2D eigenvalue weighted by Crippen LogP contribution is -2.14. The molecule has 0 saturated heterocycles. The van der Waals surface area contributed by atoms with Gasteiger partial charge >= 0.3 is 0 Å². The number of carbonyl (C=O) groups is 1. The Morgan fingerprint density at radius 2 is 1.96 bits per heavy atom. The number of aromatic nitrogens is 2. The molecule has 2 aromatic carbocycles. The van der Waals surface area contributed by atoms with E-state index in [-0.39, 0.29) is 12.3 Å². The highest BCUT2D eigenvalue weighted by molar-refractivity contribution is 7.09. The van der Waals surface area contributed by atoms with Crippen LogP contribution in [-0.4, -0.2) is 22.6 Å². The number of ether oxygens (including phenoxy) is 1. The van der Waals surface area contributed by atoms with Gasteiger partial charge in [-0.2, -0.15) is 0 Å². The molecule has 116 valence electrons. The van der Waals surface area contributed by atoms with E-state index >= 15 is 0 Å². The molecule has 0 aliphatic carbocycles. The summed E-state index contributed by atoms with van der Waals surface area (Å²) in [5, 5.41) is 6.71. The maximum Gasteiger partial charge on any atom is 0.228 e. The third kappa shape index (κ3) is 3.73. The molecule has 0 aliphatic heterocycles. The van der Waals surface area contributed by atoms with Crippen LogP contribution in [0.5, 0.6) is 5.75 Å². The number of para-hydroxylation sites is 1. The topological polar surface area (TPSA) is 64.1 Å². The van der Waals surface area contributed by atoms with Crippen LogP contribution in [0.2, 0.25) is 0 Å². The largest absolute Gasteiger partial charge is 0.496 e. The monoisotopic (exact) mass is 325 g/mol. The van der Waals surface area contributed by atoms with Crippen molar-refractivity contribution in [3.05, 3.63) is 60.3 Å². The fourth-order valence-electron chi connectivity index (χ4n) is 2.24. The van der Waals surface area contributed by atoms with Crippen molar-refractivity contribution in [2.75, 3.05) is 12.4 Å². The third-order valence-corrected chi connectivity index (χ3v) is 4.07. The molecule has 1 amide bonds. The minimum Gasteiger partial charge on any atom is -0.496 e. The molecule has 0 fully saturated rings. The van der Waals surface area contributed by atoms with E-state index in [4.69, 9.17) is 4.74 Å². The Bertz CT molecular complexity index is 786. The molecular weight excluding hydrogens is 310 g/mol. The molecule has 3 aromatic rings. The predicted molar refractivity (Wildman–Crippen MR) is 90.7 cm³/mol. The average Bonchev–Trinajstić information content (AvgIpc) is 3.10. The number of hydrogen-bond acceptors (Lipinski definition) is 5. The number of amides is 1. The highest BCUT2D eigenvalue weighted by atomic mass is 32.1. The number of rotatable bonds is 5. The van der Waals surface area contributed by atoms with Crippen LogP contribution in [0, 0.1) is 0 Å². The molecular formula is C17H15N3O2S. The lowest BCUT2D eigenvalue weighted by molar-refractivity contribution is -0.115. The van der Waals surface area contributed by atoms with Crippen LogP contribution < -0.4 is 10.1 Å². The summed E-state index contributed by atoms with van der Waals surface area (Å²) in [5.41, 5.74) is 2.65. The SMILES string of the molecule is COc1ccccc1CC(=O)Nc1ccc(-c2cnns2)cc1. The van der Waals surface area contributed by atoms with Gasteiger partial charge in [0.15, 0.2) is 0 Å². The van der Waals surface area contributed by atoms with Crippen molar-refractivity contribution < 1.29 is 9.53 Å². The number of benzene rings is 2. The van der Waals surface area contributed by atoms with Gasteiger partial charge in [-0.3, -0.25) is 4.79 Å². The van der Waals surface area contributed by atoms with E-state index in [0.29, 0.717) is 0 Å². The third-order valence-electron chi connectivity index (χ3n) is 3.36. The van der Waals surface area contributed by atoms with Gasteiger partial charge in [-0.25, -0.2) is 0 Å². The van der Waals surface area contributed by atoms with E-state index in [9.17, 15) is 4.79 Å². The van der Waals surface area contributed by atoms with Gasteiger partial charge in [0.1, 0.15) is 5.75 Å². The summed E-state index contributed by atoms with van der Waals surface area (Å²) in [7, 11) is 1.60. The van der Waals surface area contributed by atoms with Crippen LogP contribution in [0.25, 0.3) is 10.4 Å². The summed E-state index contributed by atoms with van der Waals surface area (Å²) < 4.78 is 9.11. The highest BCUT2D eigenvalue weighted by Crippen LogP contribution is 2.23. The average molecular weight is 325 g/mol. The van der Waals surface area contributed by atoms with Gasteiger partial charge in [-0.1, -0.05) is 34.8 Å². The number of methoxy groups -OCH3 is 1. The zero-order valence-electron chi connectivity index (χ0n) is 12.5. The molecule has 3 rings (SSSR count). The van der Waals surface area contributed by atoms with Crippen molar-refractivity contribution in [2.24, 2.45) is 0 Å². The Morgan fingerprint density at radius 3 is 2.65 bits per heavy atom. The minimum absolute atomic E-state index is 0.0818. The number of anilines is 1. The molecule has 0 aliphatic rings. The lowest BCUT2D eigenvalue weighted by atomic mass is 10.1. The molecule has 1 N–H and O–H groups in total. The van der Waals surface area contributed by atoms with Crippen LogP contribution in [0.15, 0.2) is 54.7 Å². The van der Waals surface area contributed by atoms with E-state index in [2.05, 4.69) is 14.9 Å². The van der Waals surface area contributed by atoms with Gasteiger partial charge in [-0.15, -0.1) is 5.10 Å². The first-order valence-corrected chi connectivity index (χ1v) is 7.83. The number of hydrogen-bond donors (Lipinski definition) is 1. The molecule has 6 heteroatoms. The molecule has 0 bridgehead atoms. The summed E-state index contributed by atoms with van der Waals surface area (Å²) in [4.78, 5) is 13.2. The first kappa shape index (κ1) is 15.2. The van der Waals surface area contributed by atoms with E-state index in [1.54, 1.807) is 13.3 Å². The zero-order chi connectivity index (χ0) is 16.1. The van der Waals surface area contributed by atoms with Crippen molar-refractivity contribution >= 4 is 23.1 Å². The molecule has 23 heavy (non-hydrogen) atoms. The second-order valence-corrected chi connectivity index (χ2v) is 5.68. The van der Waals surface area contributed by atoms with Gasteiger partial charge in [-0.05, 0) is 35.3 Å². The highest BCUT2D eigenvalue weighted by Gasteiger charge is 2.09. The molecule has 0 radical (unpaired) electrons. The zero-order valence-corrected chi connectivity index (χ0v) is 13.3. The van der Waals surface area contributed by atoms with Crippen LogP contribution in [0.1, 0.15) is 5.56 Å². The normalized spacial score (nSPS) is 10.3. The summed E-state index contributed by atoms with van der Waals surface area (Å²) in [6.07, 6.45) is 1.99. The number of nitrogens with zero attached hydrogens (tertiary/aromatic N) is 2. The Balaban J connectivity index is 1.66. The first-order chi connectivity index (χ1) is 11.3. The molecule has 0 saturated carbocycles. The fraction of sp³-hybridized carbons (Fsp3) is 0.118. The standard InChI is InChI=1S/C17H15N3O2S/c1-22-15-5-3-2-4-13(15)10-17(21)19-14-8-6-12(7-9-14)16-11-18-20-23-16/h2-9,11H,10H2,1H3,(H,19,21). The van der Waals surface area contributed by atoms with Gasteiger partial charge in [0.2, 0.25) is 5.91 Å². The van der Waals surface area contributed by atoms with Crippen LogP contribution in [-0.2, 0) is 11.2 Å². The number of nitrogens with one attached hydrogen (secondary N) is 1. The van der Waals surface area contributed by atoms with E-state index < -0.39 is 0 Å². The molecule has 1 heterocycles. The second kappa shape index (κ2) is 7.02. The molecule has 5 nitrogen and oxygen atoms in total.